The molecule has 2 aromatic rings. The zero-order valence-corrected chi connectivity index (χ0v) is 18.6. The lowest BCUT2D eigenvalue weighted by molar-refractivity contribution is -0.137. The van der Waals surface area contributed by atoms with Gasteiger partial charge in [-0.1, -0.05) is 29.8 Å². The molecule has 2 atom stereocenters. The molecule has 1 heterocycles. The van der Waals surface area contributed by atoms with Gasteiger partial charge in [0, 0.05) is 22.7 Å². The first-order valence-electron chi connectivity index (χ1n) is 11.3. The monoisotopic (exact) mass is 464 g/mol. The number of benzene rings is 2. The molecular formula is C25H28ClF3N2O. The fraction of sp³-hybridized carbons (Fsp3) is 0.480. The second-order valence-electron chi connectivity index (χ2n) is 8.97. The average molecular weight is 465 g/mol. The van der Waals surface area contributed by atoms with Crippen molar-refractivity contribution in [1.29, 1.82) is 0 Å². The van der Waals surface area contributed by atoms with E-state index in [0.29, 0.717) is 5.92 Å². The highest BCUT2D eigenvalue weighted by molar-refractivity contribution is 6.30. The molecule has 4 rings (SSSR count). The summed E-state index contributed by atoms with van der Waals surface area (Å²) in [5.41, 5.74) is 0.572. The minimum absolute atomic E-state index is 0.0233. The Morgan fingerprint density at radius 3 is 2.44 bits per heavy atom. The number of hydrogen-bond donors (Lipinski definition) is 1. The van der Waals surface area contributed by atoms with Gasteiger partial charge in [-0.2, -0.15) is 13.2 Å². The molecule has 0 spiro atoms. The smallest absolute Gasteiger partial charge is 0.348 e. The Kier molecular flexibility index (Phi) is 7.11. The van der Waals surface area contributed by atoms with Crippen molar-refractivity contribution < 1.29 is 18.0 Å². The summed E-state index contributed by atoms with van der Waals surface area (Å²) in [4.78, 5) is 15.1. The SMILES string of the molecule is O=C(NC1CCCC1N1CCC(Cc2ccc(Cl)cc2)CC1)c1cccc(C(F)(F)F)c1. The number of carbonyl (C=O) groups excluding carboxylic acids is 1. The second-order valence-corrected chi connectivity index (χ2v) is 9.40. The van der Waals surface area contributed by atoms with Crippen LogP contribution in [0.3, 0.4) is 0 Å². The van der Waals surface area contributed by atoms with Gasteiger partial charge in [-0.15, -0.1) is 0 Å². The number of nitrogens with one attached hydrogen (secondary N) is 1. The minimum atomic E-state index is -4.46. The van der Waals surface area contributed by atoms with E-state index < -0.39 is 17.6 Å². The van der Waals surface area contributed by atoms with Crippen molar-refractivity contribution >= 4 is 17.5 Å². The van der Waals surface area contributed by atoms with E-state index in [9.17, 15) is 18.0 Å². The summed E-state index contributed by atoms with van der Waals surface area (Å²) in [6, 6.07) is 12.9. The Hall–Kier alpha value is -2.05. The van der Waals surface area contributed by atoms with E-state index in [1.807, 2.05) is 12.1 Å². The van der Waals surface area contributed by atoms with Crippen molar-refractivity contribution in [3.63, 3.8) is 0 Å². The van der Waals surface area contributed by atoms with Crippen molar-refractivity contribution in [2.45, 2.75) is 56.8 Å². The fourth-order valence-corrected chi connectivity index (χ4v) is 5.20. The number of rotatable bonds is 5. The van der Waals surface area contributed by atoms with Gasteiger partial charge in [-0.25, -0.2) is 0 Å². The largest absolute Gasteiger partial charge is 0.416 e. The molecule has 0 radical (unpaired) electrons. The van der Waals surface area contributed by atoms with Crippen LogP contribution >= 0.6 is 11.6 Å². The maximum absolute atomic E-state index is 13.0. The lowest BCUT2D eigenvalue weighted by atomic mass is 9.89. The quantitative estimate of drug-likeness (QED) is 0.591. The number of likely N-dealkylation sites (tertiary alicyclic amines) is 1. The van der Waals surface area contributed by atoms with Gasteiger partial charge >= 0.3 is 6.18 Å². The Labute approximate surface area is 191 Å². The summed E-state index contributed by atoms with van der Waals surface area (Å²) in [5.74, 6) is 0.206. The highest BCUT2D eigenvalue weighted by Gasteiger charge is 2.36. The Morgan fingerprint density at radius 1 is 1.03 bits per heavy atom. The molecule has 1 amide bonds. The summed E-state index contributed by atoms with van der Waals surface area (Å²) in [5, 5.41) is 3.77. The molecule has 2 aliphatic rings. The van der Waals surface area contributed by atoms with Gasteiger partial charge < -0.3 is 5.32 Å². The maximum atomic E-state index is 13.0. The third-order valence-electron chi connectivity index (χ3n) is 6.80. The zero-order valence-electron chi connectivity index (χ0n) is 17.9. The average Bonchev–Trinajstić information content (AvgIpc) is 3.23. The second kappa shape index (κ2) is 9.84. The molecule has 1 saturated heterocycles. The predicted molar refractivity (Wildman–Crippen MR) is 120 cm³/mol. The highest BCUT2D eigenvalue weighted by atomic mass is 35.5. The Balaban J connectivity index is 1.32. The van der Waals surface area contributed by atoms with E-state index in [0.717, 1.165) is 68.8 Å². The predicted octanol–water partition coefficient (Wildman–Crippen LogP) is 5.96. The van der Waals surface area contributed by atoms with Crippen molar-refractivity contribution in [2.24, 2.45) is 5.92 Å². The maximum Gasteiger partial charge on any atom is 0.416 e. The normalized spacial score (nSPS) is 22.8. The van der Waals surface area contributed by atoms with Crippen LogP contribution in [0.2, 0.25) is 5.02 Å². The van der Waals surface area contributed by atoms with Crippen molar-refractivity contribution in [3.05, 3.63) is 70.2 Å². The van der Waals surface area contributed by atoms with Gasteiger partial charge in [0.25, 0.3) is 5.91 Å². The zero-order chi connectivity index (χ0) is 22.7. The van der Waals surface area contributed by atoms with Crippen molar-refractivity contribution in [1.82, 2.24) is 10.2 Å². The van der Waals surface area contributed by atoms with Crippen LogP contribution in [0.1, 0.15) is 53.6 Å². The first kappa shape index (κ1) is 23.1. The lowest BCUT2D eigenvalue weighted by Crippen LogP contribution is -2.51. The number of amides is 1. The van der Waals surface area contributed by atoms with Crippen LogP contribution in [0.5, 0.6) is 0 Å². The van der Waals surface area contributed by atoms with Crippen LogP contribution in [0, 0.1) is 5.92 Å². The summed E-state index contributed by atoms with van der Waals surface area (Å²) in [6.07, 6.45) is 1.69. The molecule has 1 aliphatic carbocycles. The molecule has 2 fully saturated rings. The molecular weight excluding hydrogens is 437 g/mol. The number of carbonyl (C=O) groups is 1. The van der Waals surface area contributed by atoms with E-state index in [1.165, 1.54) is 17.7 Å². The number of halogens is 4. The Morgan fingerprint density at radius 2 is 1.75 bits per heavy atom. The van der Waals surface area contributed by atoms with Crippen molar-refractivity contribution in [2.75, 3.05) is 13.1 Å². The molecule has 1 aliphatic heterocycles. The summed E-state index contributed by atoms with van der Waals surface area (Å²) in [6.45, 7) is 1.97. The van der Waals surface area contributed by atoms with Gasteiger partial charge in [0.15, 0.2) is 0 Å². The molecule has 3 nitrogen and oxygen atoms in total. The van der Waals surface area contributed by atoms with Crippen molar-refractivity contribution in [3.8, 4) is 0 Å². The number of piperidine rings is 1. The van der Waals surface area contributed by atoms with Crippen LogP contribution in [-0.2, 0) is 12.6 Å². The van der Waals surface area contributed by atoms with Gasteiger partial charge in [-0.3, -0.25) is 9.69 Å². The molecule has 2 unspecified atom stereocenters. The third-order valence-corrected chi connectivity index (χ3v) is 7.06. The topological polar surface area (TPSA) is 32.3 Å². The van der Waals surface area contributed by atoms with E-state index in [2.05, 4.69) is 22.3 Å². The molecule has 0 bridgehead atoms. The molecule has 1 saturated carbocycles. The first-order valence-corrected chi connectivity index (χ1v) is 11.6. The summed E-state index contributed by atoms with van der Waals surface area (Å²) in [7, 11) is 0. The van der Waals surface area contributed by atoms with E-state index in [4.69, 9.17) is 11.6 Å². The van der Waals surface area contributed by atoms with Gasteiger partial charge in [0.2, 0.25) is 0 Å². The van der Waals surface area contributed by atoms with Crippen LogP contribution < -0.4 is 5.32 Å². The molecule has 172 valence electrons. The minimum Gasteiger partial charge on any atom is -0.348 e. The van der Waals surface area contributed by atoms with Gasteiger partial charge in [0.05, 0.1) is 5.56 Å². The van der Waals surface area contributed by atoms with Gasteiger partial charge in [-0.05, 0) is 93.4 Å². The molecule has 32 heavy (non-hydrogen) atoms. The fourth-order valence-electron chi connectivity index (χ4n) is 5.08. The number of hydrogen-bond acceptors (Lipinski definition) is 2. The van der Waals surface area contributed by atoms with E-state index >= 15 is 0 Å². The molecule has 7 heteroatoms. The Bertz CT molecular complexity index is 924. The summed E-state index contributed by atoms with van der Waals surface area (Å²) < 4.78 is 39.0. The third kappa shape index (κ3) is 5.65. The van der Waals surface area contributed by atoms with Gasteiger partial charge in [0.1, 0.15) is 0 Å². The van der Waals surface area contributed by atoms with E-state index in [1.54, 1.807) is 0 Å². The van der Waals surface area contributed by atoms with Crippen LogP contribution in [0.15, 0.2) is 48.5 Å². The standard InChI is InChI=1S/C25H28ClF3N2O/c26-21-9-7-17(8-10-21)15-18-11-13-31(14-12-18)23-6-2-5-22(23)30-24(32)19-3-1-4-20(16-19)25(27,28)29/h1,3-4,7-10,16,18,22-23H,2,5-6,11-15H2,(H,30,32). The lowest BCUT2D eigenvalue weighted by Gasteiger charge is -2.38. The van der Waals surface area contributed by atoms with Crippen LogP contribution in [0.4, 0.5) is 13.2 Å². The van der Waals surface area contributed by atoms with E-state index in [-0.39, 0.29) is 17.6 Å². The summed E-state index contributed by atoms with van der Waals surface area (Å²) >= 11 is 5.98. The highest BCUT2D eigenvalue weighted by Crippen LogP contribution is 2.31. The number of alkyl halides is 3. The number of nitrogens with zero attached hydrogens (tertiary/aromatic N) is 1. The molecule has 0 aromatic heterocycles. The molecule has 1 N–H and O–H groups in total. The first-order chi connectivity index (χ1) is 15.3. The molecule has 2 aromatic carbocycles. The van der Waals surface area contributed by atoms with Crippen LogP contribution in [0.25, 0.3) is 0 Å². The van der Waals surface area contributed by atoms with Crippen LogP contribution in [-0.4, -0.2) is 36.0 Å².